The third-order valence-corrected chi connectivity index (χ3v) is 2.59. The number of hydrogen-bond donors (Lipinski definition) is 0. The first-order valence-electron chi connectivity index (χ1n) is 6.33. The van der Waals surface area contributed by atoms with Gasteiger partial charge >= 0.3 is 0 Å². The average Bonchev–Trinajstić information content (AvgIpc) is 2.25. The van der Waals surface area contributed by atoms with Gasteiger partial charge in [0.2, 0.25) is 5.91 Å². The van der Waals surface area contributed by atoms with Gasteiger partial charge in [0.25, 0.3) is 0 Å². The largest absolute Gasteiger partial charge is 0.343 e. The van der Waals surface area contributed by atoms with E-state index in [1.165, 1.54) is 0 Å². The summed E-state index contributed by atoms with van der Waals surface area (Å²) in [6.45, 7) is 8.27. The Kier molecular flexibility index (Phi) is 8.71. The summed E-state index contributed by atoms with van der Waals surface area (Å²) in [5.74, 6) is 3.38. The molecule has 1 amide bonds. The molecule has 0 heterocycles. The van der Waals surface area contributed by atoms with Crippen LogP contribution < -0.4 is 0 Å². The molecule has 0 radical (unpaired) electrons. The van der Waals surface area contributed by atoms with Crippen LogP contribution in [0.1, 0.15) is 52.9 Å². The lowest BCUT2D eigenvalue weighted by molar-refractivity contribution is -0.131. The lowest BCUT2D eigenvalue weighted by Crippen LogP contribution is -2.33. The molecule has 0 aromatic carbocycles. The molecule has 0 unspecified atom stereocenters. The maximum atomic E-state index is 11.9. The molecule has 0 atom stereocenters. The number of unbranched alkanes of at least 4 members (excludes halogenated alkanes) is 1. The summed E-state index contributed by atoms with van der Waals surface area (Å²) in [4.78, 5) is 13.8. The van der Waals surface area contributed by atoms with Crippen LogP contribution >= 0.6 is 0 Å². The van der Waals surface area contributed by atoms with Gasteiger partial charge in [-0.05, 0) is 18.8 Å². The van der Waals surface area contributed by atoms with E-state index in [4.69, 9.17) is 6.42 Å². The number of carbonyl (C=O) groups excluding carboxylic acids is 1. The zero-order valence-corrected chi connectivity index (χ0v) is 11.0. The summed E-state index contributed by atoms with van der Waals surface area (Å²) in [6.07, 6.45) is 9.52. The highest BCUT2D eigenvalue weighted by Crippen LogP contribution is 2.06. The maximum Gasteiger partial charge on any atom is 0.223 e. The lowest BCUT2D eigenvalue weighted by Gasteiger charge is -2.23. The van der Waals surface area contributed by atoms with E-state index >= 15 is 0 Å². The molecule has 0 aliphatic heterocycles. The van der Waals surface area contributed by atoms with E-state index in [1.807, 2.05) is 4.90 Å². The maximum absolute atomic E-state index is 11.9. The Morgan fingerprint density at radius 3 is 2.56 bits per heavy atom. The zero-order valence-electron chi connectivity index (χ0n) is 11.0. The normalized spacial score (nSPS) is 10.2. The van der Waals surface area contributed by atoms with Crippen molar-refractivity contribution < 1.29 is 4.79 Å². The third-order valence-electron chi connectivity index (χ3n) is 2.59. The topological polar surface area (TPSA) is 20.3 Å². The molecule has 92 valence electrons. The molecule has 0 saturated heterocycles. The highest BCUT2D eigenvalue weighted by molar-refractivity contribution is 5.76. The van der Waals surface area contributed by atoms with Gasteiger partial charge in [-0.15, -0.1) is 12.3 Å². The molecule has 0 N–H and O–H groups in total. The molecule has 0 aromatic heterocycles. The van der Waals surface area contributed by atoms with E-state index in [9.17, 15) is 4.79 Å². The Bertz CT molecular complexity index is 227. The molecule has 2 nitrogen and oxygen atoms in total. The smallest absolute Gasteiger partial charge is 0.223 e. The second-order valence-corrected chi connectivity index (χ2v) is 4.62. The number of nitrogens with zero attached hydrogens (tertiary/aromatic N) is 1. The van der Waals surface area contributed by atoms with Crippen molar-refractivity contribution in [1.82, 2.24) is 4.90 Å². The van der Waals surface area contributed by atoms with Crippen molar-refractivity contribution in [2.75, 3.05) is 13.1 Å². The van der Waals surface area contributed by atoms with Gasteiger partial charge in [0.05, 0.1) is 0 Å². The zero-order chi connectivity index (χ0) is 12.4. The fourth-order valence-electron chi connectivity index (χ4n) is 1.46. The average molecular weight is 223 g/mol. The summed E-state index contributed by atoms with van der Waals surface area (Å²) >= 11 is 0. The molecule has 0 fully saturated rings. The number of terminal acetylenes is 1. The van der Waals surface area contributed by atoms with Crippen molar-refractivity contribution in [3.8, 4) is 12.3 Å². The van der Waals surface area contributed by atoms with Crippen molar-refractivity contribution in [2.24, 2.45) is 5.92 Å². The van der Waals surface area contributed by atoms with Gasteiger partial charge in [-0.2, -0.15) is 0 Å². The van der Waals surface area contributed by atoms with Gasteiger partial charge < -0.3 is 4.90 Å². The summed E-state index contributed by atoms with van der Waals surface area (Å²) in [6, 6.07) is 0. The van der Waals surface area contributed by atoms with E-state index in [0.29, 0.717) is 18.8 Å². The fourth-order valence-corrected chi connectivity index (χ4v) is 1.46. The van der Waals surface area contributed by atoms with Gasteiger partial charge in [-0.25, -0.2) is 0 Å². The second kappa shape index (κ2) is 9.27. The van der Waals surface area contributed by atoms with Crippen LogP contribution in [-0.4, -0.2) is 23.9 Å². The molecular weight excluding hydrogens is 198 g/mol. The number of hydrogen-bond acceptors (Lipinski definition) is 1. The highest BCUT2D eigenvalue weighted by atomic mass is 16.2. The van der Waals surface area contributed by atoms with Crippen LogP contribution in [0.5, 0.6) is 0 Å². The van der Waals surface area contributed by atoms with Crippen LogP contribution in [0.3, 0.4) is 0 Å². The standard InChI is InChI=1S/C14H25NO/c1-5-7-9-14(16)15(11-8-6-2)12-10-13(3)4/h1,13H,6-12H2,2-4H3. The Labute approximate surface area is 100 Å². The molecule has 0 aliphatic carbocycles. The SMILES string of the molecule is C#CCCC(=O)N(CCCC)CCC(C)C. The van der Waals surface area contributed by atoms with Crippen LogP contribution in [0.2, 0.25) is 0 Å². The molecule has 0 aromatic rings. The van der Waals surface area contributed by atoms with Crippen LogP contribution in [0.15, 0.2) is 0 Å². The van der Waals surface area contributed by atoms with Crippen molar-refractivity contribution >= 4 is 5.91 Å². The molecule has 0 spiro atoms. The molecule has 0 bridgehead atoms. The van der Waals surface area contributed by atoms with Gasteiger partial charge in [0.15, 0.2) is 0 Å². The van der Waals surface area contributed by atoms with Crippen molar-refractivity contribution in [2.45, 2.75) is 52.9 Å². The first-order valence-corrected chi connectivity index (χ1v) is 6.33. The molecule has 2 heteroatoms. The van der Waals surface area contributed by atoms with E-state index in [0.717, 1.165) is 32.4 Å². The highest BCUT2D eigenvalue weighted by Gasteiger charge is 2.12. The minimum Gasteiger partial charge on any atom is -0.343 e. The van der Waals surface area contributed by atoms with E-state index in [2.05, 4.69) is 26.7 Å². The van der Waals surface area contributed by atoms with Crippen molar-refractivity contribution in [1.29, 1.82) is 0 Å². The van der Waals surface area contributed by atoms with Crippen LogP contribution in [0.25, 0.3) is 0 Å². The summed E-state index contributed by atoms with van der Waals surface area (Å²) in [5, 5.41) is 0. The minimum atomic E-state index is 0.215. The minimum absolute atomic E-state index is 0.215. The number of amides is 1. The lowest BCUT2D eigenvalue weighted by atomic mass is 10.1. The second-order valence-electron chi connectivity index (χ2n) is 4.62. The van der Waals surface area contributed by atoms with E-state index < -0.39 is 0 Å². The van der Waals surface area contributed by atoms with Gasteiger partial charge in [0, 0.05) is 25.9 Å². The monoisotopic (exact) mass is 223 g/mol. The number of rotatable bonds is 8. The first kappa shape index (κ1) is 15.0. The van der Waals surface area contributed by atoms with Gasteiger partial charge in [0.1, 0.15) is 0 Å². The Morgan fingerprint density at radius 2 is 2.06 bits per heavy atom. The predicted molar refractivity (Wildman–Crippen MR) is 69.0 cm³/mol. The van der Waals surface area contributed by atoms with Gasteiger partial charge in [-0.1, -0.05) is 27.2 Å². The number of carbonyl (C=O) groups is 1. The van der Waals surface area contributed by atoms with E-state index in [-0.39, 0.29) is 5.91 Å². The summed E-state index contributed by atoms with van der Waals surface area (Å²) < 4.78 is 0. The van der Waals surface area contributed by atoms with Gasteiger partial charge in [-0.3, -0.25) is 4.79 Å². The third kappa shape index (κ3) is 7.34. The molecule has 0 aliphatic rings. The summed E-state index contributed by atoms with van der Waals surface area (Å²) in [7, 11) is 0. The molecule has 0 rings (SSSR count). The van der Waals surface area contributed by atoms with E-state index in [1.54, 1.807) is 0 Å². The molecule has 0 saturated carbocycles. The van der Waals surface area contributed by atoms with Crippen LogP contribution in [0, 0.1) is 18.3 Å². The Balaban J connectivity index is 4.07. The van der Waals surface area contributed by atoms with Crippen LogP contribution in [-0.2, 0) is 4.79 Å². The molecular formula is C14H25NO. The first-order chi connectivity index (χ1) is 7.61. The quantitative estimate of drug-likeness (QED) is 0.579. The molecule has 16 heavy (non-hydrogen) atoms. The van der Waals surface area contributed by atoms with Crippen molar-refractivity contribution in [3.05, 3.63) is 0 Å². The Hall–Kier alpha value is -0.970. The summed E-state index contributed by atoms with van der Waals surface area (Å²) in [5.41, 5.74) is 0. The van der Waals surface area contributed by atoms with Crippen LogP contribution in [0.4, 0.5) is 0 Å². The van der Waals surface area contributed by atoms with Crippen molar-refractivity contribution in [3.63, 3.8) is 0 Å². The predicted octanol–water partition coefficient (Wildman–Crippen LogP) is 3.07. The Morgan fingerprint density at radius 1 is 1.38 bits per heavy atom. The fraction of sp³-hybridized carbons (Fsp3) is 0.786.